The number of amides is 1. The zero-order valence-corrected chi connectivity index (χ0v) is 9.40. The van der Waals surface area contributed by atoms with Crippen LogP contribution in [0.5, 0.6) is 0 Å². The van der Waals surface area contributed by atoms with Gasteiger partial charge in [0.15, 0.2) is 0 Å². The first-order valence-electron chi connectivity index (χ1n) is 5.61. The molecule has 0 saturated carbocycles. The minimum absolute atomic E-state index is 0.228. The maximum Gasteiger partial charge on any atom is 0.315 e. The van der Waals surface area contributed by atoms with Crippen LogP contribution in [0, 0.1) is 5.92 Å². The lowest BCUT2D eigenvalue weighted by Gasteiger charge is -2.36. The molecule has 0 spiro atoms. The van der Waals surface area contributed by atoms with Gasteiger partial charge < -0.3 is 10.0 Å². The first-order valence-corrected chi connectivity index (χ1v) is 5.61. The largest absolute Gasteiger partial charge is 0.481 e. The van der Waals surface area contributed by atoms with Gasteiger partial charge in [-0.05, 0) is 32.6 Å². The van der Waals surface area contributed by atoms with Crippen molar-refractivity contribution in [2.75, 3.05) is 6.54 Å². The number of aliphatic carboxylic acids is 1. The zero-order chi connectivity index (χ0) is 11.4. The molecule has 2 atom stereocenters. The van der Waals surface area contributed by atoms with E-state index in [1.54, 1.807) is 4.90 Å². The molecule has 1 aliphatic heterocycles. The molecule has 1 rings (SSSR count). The monoisotopic (exact) mass is 213 g/mol. The van der Waals surface area contributed by atoms with E-state index in [0.717, 1.165) is 32.2 Å². The van der Waals surface area contributed by atoms with Crippen molar-refractivity contribution in [2.24, 2.45) is 5.92 Å². The SMILES string of the molecule is CCC1CCCCN1C(=O)C(C)C(=O)O. The highest BCUT2D eigenvalue weighted by atomic mass is 16.4. The third-order valence-electron chi connectivity index (χ3n) is 3.12. The molecule has 1 amide bonds. The highest BCUT2D eigenvalue weighted by molar-refractivity contribution is 5.96. The van der Waals surface area contributed by atoms with Crippen molar-refractivity contribution in [1.82, 2.24) is 4.90 Å². The summed E-state index contributed by atoms with van der Waals surface area (Å²) >= 11 is 0. The molecule has 0 aromatic heterocycles. The van der Waals surface area contributed by atoms with Gasteiger partial charge in [-0.25, -0.2) is 0 Å². The number of piperidine rings is 1. The Kier molecular flexibility index (Phi) is 4.12. The molecule has 1 fully saturated rings. The Labute approximate surface area is 90.3 Å². The van der Waals surface area contributed by atoms with Gasteiger partial charge in [-0.1, -0.05) is 6.92 Å². The van der Waals surface area contributed by atoms with E-state index >= 15 is 0 Å². The highest BCUT2D eigenvalue weighted by Crippen LogP contribution is 2.21. The Bertz CT molecular complexity index is 252. The molecule has 4 nitrogen and oxygen atoms in total. The van der Waals surface area contributed by atoms with Gasteiger partial charge in [0.25, 0.3) is 0 Å². The second-order valence-corrected chi connectivity index (χ2v) is 4.15. The second-order valence-electron chi connectivity index (χ2n) is 4.15. The van der Waals surface area contributed by atoms with Crippen molar-refractivity contribution in [3.8, 4) is 0 Å². The number of hydrogen-bond acceptors (Lipinski definition) is 2. The summed E-state index contributed by atoms with van der Waals surface area (Å²) in [6, 6.07) is 0.244. The fraction of sp³-hybridized carbons (Fsp3) is 0.818. The molecule has 0 aromatic carbocycles. The normalized spacial score (nSPS) is 23.6. The zero-order valence-electron chi connectivity index (χ0n) is 9.40. The highest BCUT2D eigenvalue weighted by Gasteiger charge is 2.31. The maximum atomic E-state index is 11.9. The van der Waals surface area contributed by atoms with Crippen molar-refractivity contribution in [2.45, 2.75) is 45.6 Å². The van der Waals surface area contributed by atoms with E-state index in [-0.39, 0.29) is 11.9 Å². The molecule has 4 heteroatoms. The van der Waals surface area contributed by atoms with Crippen molar-refractivity contribution in [3.05, 3.63) is 0 Å². The predicted octanol–water partition coefficient (Wildman–Crippen LogP) is 1.50. The Hall–Kier alpha value is -1.06. The number of carbonyl (C=O) groups excluding carboxylic acids is 1. The average molecular weight is 213 g/mol. The molecule has 1 heterocycles. The molecule has 0 radical (unpaired) electrons. The van der Waals surface area contributed by atoms with Crippen LogP contribution < -0.4 is 0 Å². The minimum Gasteiger partial charge on any atom is -0.481 e. The molecule has 0 bridgehead atoms. The molecule has 2 unspecified atom stereocenters. The minimum atomic E-state index is -1.03. The molecule has 86 valence electrons. The third-order valence-corrected chi connectivity index (χ3v) is 3.12. The van der Waals surface area contributed by atoms with E-state index in [4.69, 9.17) is 5.11 Å². The van der Waals surface area contributed by atoms with Gasteiger partial charge in [0.2, 0.25) is 5.91 Å². The van der Waals surface area contributed by atoms with Crippen molar-refractivity contribution < 1.29 is 14.7 Å². The van der Waals surface area contributed by atoms with Crippen molar-refractivity contribution in [3.63, 3.8) is 0 Å². The number of carboxylic acids is 1. The van der Waals surface area contributed by atoms with Crippen LogP contribution >= 0.6 is 0 Å². The number of hydrogen-bond donors (Lipinski definition) is 1. The van der Waals surface area contributed by atoms with Crippen LogP contribution in [0.1, 0.15) is 39.5 Å². The number of likely N-dealkylation sites (tertiary alicyclic amines) is 1. The Morgan fingerprint density at radius 1 is 1.47 bits per heavy atom. The predicted molar refractivity (Wildman–Crippen MR) is 56.4 cm³/mol. The second kappa shape index (κ2) is 5.14. The average Bonchev–Trinajstić information content (AvgIpc) is 2.26. The number of rotatable bonds is 3. The van der Waals surface area contributed by atoms with E-state index < -0.39 is 11.9 Å². The topological polar surface area (TPSA) is 57.6 Å². The van der Waals surface area contributed by atoms with Crippen LogP contribution in [0.2, 0.25) is 0 Å². The van der Waals surface area contributed by atoms with Gasteiger partial charge in [0.05, 0.1) is 0 Å². The number of carboxylic acid groups (broad SMARTS) is 1. The maximum absolute atomic E-state index is 11.9. The molecule has 0 aliphatic carbocycles. The van der Waals surface area contributed by atoms with Crippen molar-refractivity contribution >= 4 is 11.9 Å². The van der Waals surface area contributed by atoms with E-state index in [9.17, 15) is 9.59 Å². The van der Waals surface area contributed by atoms with Gasteiger partial charge in [-0.15, -0.1) is 0 Å². The fourth-order valence-corrected chi connectivity index (χ4v) is 2.07. The quantitative estimate of drug-likeness (QED) is 0.723. The summed E-state index contributed by atoms with van der Waals surface area (Å²) in [5, 5.41) is 8.79. The number of carbonyl (C=O) groups is 2. The summed E-state index contributed by atoms with van der Waals surface area (Å²) in [5.74, 6) is -2.16. The van der Waals surface area contributed by atoms with Gasteiger partial charge in [-0.2, -0.15) is 0 Å². The lowest BCUT2D eigenvalue weighted by Crippen LogP contribution is -2.47. The number of nitrogens with zero attached hydrogens (tertiary/aromatic N) is 1. The van der Waals surface area contributed by atoms with E-state index in [1.165, 1.54) is 6.92 Å². The van der Waals surface area contributed by atoms with Gasteiger partial charge in [-0.3, -0.25) is 9.59 Å². The van der Waals surface area contributed by atoms with Crippen LogP contribution in [-0.2, 0) is 9.59 Å². The van der Waals surface area contributed by atoms with Crippen molar-refractivity contribution in [1.29, 1.82) is 0 Å². The van der Waals surface area contributed by atoms with E-state index in [2.05, 4.69) is 0 Å². The summed E-state index contributed by atoms with van der Waals surface area (Å²) in [5.41, 5.74) is 0. The first-order chi connectivity index (χ1) is 7.07. The van der Waals surface area contributed by atoms with E-state index in [0.29, 0.717) is 0 Å². The van der Waals surface area contributed by atoms with Crippen LogP contribution in [0.3, 0.4) is 0 Å². The lowest BCUT2D eigenvalue weighted by molar-refractivity contribution is -0.152. The van der Waals surface area contributed by atoms with Gasteiger partial charge >= 0.3 is 5.97 Å². The summed E-state index contributed by atoms with van der Waals surface area (Å²) in [6.07, 6.45) is 4.06. The Balaban J connectivity index is 2.67. The van der Waals surface area contributed by atoms with Gasteiger partial charge in [0.1, 0.15) is 5.92 Å². The van der Waals surface area contributed by atoms with Gasteiger partial charge in [0, 0.05) is 12.6 Å². The van der Waals surface area contributed by atoms with Crippen LogP contribution in [-0.4, -0.2) is 34.5 Å². The van der Waals surface area contributed by atoms with E-state index in [1.807, 2.05) is 6.92 Å². The van der Waals surface area contributed by atoms with Crippen LogP contribution in [0.15, 0.2) is 0 Å². The summed E-state index contributed by atoms with van der Waals surface area (Å²) < 4.78 is 0. The molecule has 15 heavy (non-hydrogen) atoms. The Morgan fingerprint density at radius 2 is 2.13 bits per heavy atom. The van der Waals surface area contributed by atoms with Crippen LogP contribution in [0.4, 0.5) is 0 Å². The standard InChI is InChI=1S/C11H19NO3/c1-3-9-6-4-5-7-12(9)10(13)8(2)11(14)15/h8-9H,3-7H2,1-2H3,(H,14,15). The molecule has 0 aromatic rings. The van der Waals surface area contributed by atoms with Crippen LogP contribution in [0.25, 0.3) is 0 Å². The lowest BCUT2D eigenvalue weighted by atomic mass is 9.98. The summed E-state index contributed by atoms with van der Waals surface area (Å²) in [6.45, 7) is 4.22. The molecule has 1 aliphatic rings. The first kappa shape index (κ1) is 12.0. The third kappa shape index (κ3) is 2.70. The summed E-state index contributed by atoms with van der Waals surface area (Å²) in [7, 11) is 0. The fourth-order valence-electron chi connectivity index (χ4n) is 2.07. The molecular formula is C11H19NO3. The molecule has 1 saturated heterocycles. The Morgan fingerprint density at radius 3 is 2.67 bits per heavy atom. The molecule has 1 N–H and O–H groups in total. The molecular weight excluding hydrogens is 194 g/mol. The smallest absolute Gasteiger partial charge is 0.315 e. The summed E-state index contributed by atoms with van der Waals surface area (Å²) in [4.78, 5) is 24.3.